The van der Waals surface area contributed by atoms with Crippen LogP contribution in [0.1, 0.15) is 110 Å². The molecule has 4 aromatic rings. The van der Waals surface area contributed by atoms with Crippen LogP contribution in [0.5, 0.6) is 0 Å². The van der Waals surface area contributed by atoms with Gasteiger partial charge in [0.15, 0.2) is 5.69 Å². The van der Waals surface area contributed by atoms with E-state index in [2.05, 4.69) is 15.5 Å². The molecule has 0 saturated heterocycles. The number of carboxylic acid groups (broad SMARTS) is 1. The summed E-state index contributed by atoms with van der Waals surface area (Å²) in [6, 6.07) is 10.3. The Labute approximate surface area is 297 Å². The van der Waals surface area contributed by atoms with E-state index in [1.807, 2.05) is 73.6 Å². The fourth-order valence-corrected chi connectivity index (χ4v) is 5.63. The van der Waals surface area contributed by atoms with Crippen LogP contribution < -0.4 is 11.1 Å². The van der Waals surface area contributed by atoms with Crippen LogP contribution >= 0.6 is 23.2 Å². The van der Waals surface area contributed by atoms with Crippen molar-refractivity contribution < 1.29 is 23.5 Å². The van der Waals surface area contributed by atoms with Crippen LogP contribution in [0.2, 0.25) is 10.0 Å². The number of nitrogens with one attached hydrogen (secondary N) is 1. The summed E-state index contributed by atoms with van der Waals surface area (Å²) in [5, 5.41) is 20.3. The number of amides is 1. The number of aromatic carboxylic acids is 1. The molecule has 0 unspecified atom stereocenters. The predicted octanol–water partition coefficient (Wildman–Crippen LogP) is 7.92. The van der Waals surface area contributed by atoms with Gasteiger partial charge in [0.2, 0.25) is 0 Å². The first kappa shape index (κ1) is 41.4. The van der Waals surface area contributed by atoms with Gasteiger partial charge in [0.1, 0.15) is 17.3 Å². The second-order valence-corrected chi connectivity index (χ2v) is 14.2. The number of carbonyl (C=O) groups excluding carboxylic acids is 1. The van der Waals surface area contributed by atoms with E-state index in [1.54, 1.807) is 20.2 Å². The zero-order chi connectivity index (χ0) is 37.4. The molecule has 49 heavy (non-hydrogen) atoms. The summed E-state index contributed by atoms with van der Waals surface area (Å²) in [5.74, 6) is -1.79. The van der Waals surface area contributed by atoms with Crippen LogP contribution in [-0.2, 0) is 50.9 Å². The lowest BCUT2D eigenvalue weighted by atomic mass is 9.86. The van der Waals surface area contributed by atoms with Crippen molar-refractivity contribution in [2.75, 3.05) is 0 Å². The number of halogens is 4. The minimum absolute atomic E-state index is 0.0496. The molecule has 0 saturated carbocycles. The molecule has 0 spiro atoms. The summed E-state index contributed by atoms with van der Waals surface area (Å²) < 4.78 is 30.5. The molecule has 0 aliphatic heterocycles. The summed E-state index contributed by atoms with van der Waals surface area (Å²) in [7, 11) is 3.24. The molecule has 1 amide bonds. The second-order valence-electron chi connectivity index (χ2n) is 13.5. The lowest BCUT2D eigenvalue weighted by molar-refractivity contribution is 0.0685. The van der Waals surface area contributed by atoms with Crippen LogP contribution in [-0.4, -0.2) is 36.5 Å². The third-order valence-electron chi connectivity index (χ3n) is 7.57. The number of hydrogen-bond donors (Lipinski definition) is 3. The molecule has 0 fully saturated rings. The maximum atomic E-state index is 14.2. The highest BCUT2D eigenvalue weighted by atomic mass is 35.5. The van der Waals surface area contributed by atoms with Crippen LogP contribution in [0.15, 0.2) is 36.4 Å². The van der Waals surface area contributed by atoms with Gasteiger partial charge in [0.05, 0.1) is 21.4 Å². The van der Waals surface area contributed by atoms with E-state index in [0.717, 1.165) is 11.1 Å². The van der Waals surface area contributed by atoms with Gasteiger partial charge in [-0.2, -0.15) is 10.2 Å². The third kappa shape index (κ3) is 10.8. The molecule has 2 aromatic heterocycles. The molecule has 2 aromatic carbocycles. The maximum Gasteiger partial charge on any atom is 0.355 e. The molecular formula is C36H48Cl2F2N6O3. The van der Waals surface area contributed by atoms with E-state index >= 15 is 0 Å². The highest BCUT2D eigenvalue weighted by molar-refractivity contribution is 6.34. The zero-order valence-electron chi connectivity index (χ0n) is 29.9. The van der Waals surface area contributed by atoms with Gasteiger partial charge in [0.25, 0.3) is 5.91 Å². The summed E-state index contributed by atoms with van der Waals surface area (Å²) >= 11 is 12.0. The lowest BCUT2D eigenvalue weighted by Gasteiger charge is -2.20. The number of benzene rings is 2. The third-order valence-corrected chi connectivity index (χ3v) is 8.36. The molecule has 0 aliphatic carbocycles. The van der Waals surface area contributed by atoms with Gasteiger partial charge >= 0.3 is 5.97 Å². The Hall–Kier alpha value is -3.80. The molecular weight excluding hydrogens is 671 g/mol. The van der Waals surface area contributed by atoms with E-state index < -0.39 is 5.97 Å². The Kier molecular flexibility index (Phi) is 14.5. The number of nitrogens with zero attached hydrogens (tertiary/aromatic N) is 4. The molecule has 0 aliphatic rings. The largest absolute Gasteiger partial charge is 0.476 e. The first-order chi connectivity index (χ1) is 22.7. The normalized spacial score (nSPS) is 11.3. The Bertz CT molecular complexity index is 1770. The SMILES string of the molecule is CC(C)(C)c1ccc(CN)cc1[18F].CCc1nn(C)c(C(=O)NCc2ccc(C(C)(C)C)c([18F])c2)c1Cl.CCc1nn(C)c(C(=O)O)c1Cl. The monoisotopic (exact) mass is 718 g/mol. The van der Waals surface area contributed by atoms with Crippen molar-refractivity contribution in [3.63, 3.8) is 0 Å². The van der Waals surface area contributed by atoms with E-state index in [-0.39, 0.29) is 45.6 Å². The van der Waals surface area contributed by atoms with Crippen molar-refractivity contribution in [2.45, 2.75) is 92.2 Å². The molecule has 9 nitrogen and oxygen atoms in total. The minimum Gasteiger partial charge on any atom is -0.476 e. The maximum absolute atomic E-state index is 14.2. The van der Waals surface area contributed by atoms with Gasteiger partial charge in [-0.1, -0.05) is 103 Å². The first-order valence-corrected chi connectivity index (χ1v) is 16.6. The van der Waals surface area contributed by atoms with Crippen molar-refractivity contribution in [1.82, 2.24) is 24.9 Å². The molecule has 4 N–H and O–H groups in total. The second kappa shape index (κ2) is 17.2. The van der Waals surface area contributed by atoms with Crippen LogP contribution in [0.25, 0.3) is 0 Å². The van der Waals surface area contributed by atoms with Crippen molar-refractivity contribution in [2.24, 2.45) is 19.8 Å². The molecule has 4 rings (SSSR count). The molecule has 268 valence electrons. The predicted molar refractivity (Wildman–Crippen MR) is 191 cm³/mol. The van der Waals surface area contributed by atoms with Gasteiger partial charge in [-0.25, -0.2) is 13.6 Å². The smallest absolute Gasteiger partial charge is 0.355 e. The van der Waals surface area contributed by atoms with Crippen LogP contribution in [0, 0.1) is 11.6 Å². The number of carboxylic acids is 1. The molecule has 0 bridgehead atoms. The number of nitrogens with two attached hydrogens (primary N) is 1. The lowest BCUT2D eigenvalue weighted by Crippen LogP contribution is -2.25. The van der Waals surface area contributed by atoms with Crippen molar-refractivity contribution in [3.8, 4) is 0 Å². The van der Waals surface area contributed by atoms with Crippen LogP contribution in [0.3, 0.4) is 0 Å². The molecule has 0 atom stereocenters. The van der Waals surface area contributed by atoms with Crippen LogP contribution in [0.4, 0.5) is 8.78 Å². The van der Waals surface area contributed by atoms with Crippen molar-refractivity contribution in [1.29, 1.82) is 0 Å². The number of hydrogen-bond acceptors (Lipinski definition) is 5. The Morgan fingerprint density at radius 2 is 1.20 bits per heavy atom. The van der Waals surface area contributed by atoms with E-state index in [1.165, 1.54) is 21.5 Å². The number of aryl methyl sites for hydroxylation is 4. The highest BCUT2D eigenvalue weighted by Crippen LogP contribution is 2.27. The zero-order valence-corrected chi connectivity index (χ0v) is 31.4. The standard InChI is InChI=1S/C18H23ClFN3O.C11H16FN.C7H9ClN2O2/c1-6-14-15(19)16(23(5)22-14)17(24)21-10-11-7-8-12(13(20)9-11)18(2,3)4;1-11(2,3)9-5-4-8(7-13)6-10(9)12;1-3-4-5(8)6(7(11)12)10(2)9-4/h7-9H,6,10H2,1-5H3,(H,21,24);4-6H,7,13H2,1-3H3;3H2,1-2H3,(H,11,12)/i20-1;12-1;. The Morgan fingerprint density at radius 3 is 1.55 bits per heavy atom. The molecule has 0 radical (unpaired) electrons. The van der Waals surface area contributed by atoms with Crippen molar-refractivity contribution in [3.05, 3.63) is 103 Å². The number of rotatable bonds is 7. The Balaban J connectivity index is 0.000000281. The average Bonchev–Trinajstić information content (AvgIpc) is 3.47. The molecule has 13 heteroatoms. The summed E-state index contributed by atoms with van der Waals surface area (Å²) in [6.45, 7) is 16.3. The summed E-state index contributed by atoms with van der Waals surface area (Å²) in [4.78, 5) is 23.0. The van der Waals surface area contributed by atoms with Gasteiger partial charge in [-0.05, 0) is 58.1 Å². The van der Waals surface area contributed by atoms with Gasteiger partial charge in [-0.3, -0.25) is 14.2 Å². The Morgan fingerprint density at radius 1 is 0.796 bits per heavy atom. The van der Waals surface area contributed by atoms with Crippen molar-refractivity contribution >= 4 is 35.1 Å². The fraction of sp³-hybridized carbons (Fsp3) is 0.444. The minimum atomic E-state index is -1.05. The quantitative estimate of drug-likeness (QED) is 0.178. The molecule has 2 heterocycles. The number of carbonyl (C=O) groups is 2. The van der Waals surface area contributed by atoms with Gasteiger partial charge in [-0.15, -0.1) is 0 Å². The average molecular weight is 720 g/mol. The summed E-state index contributed by atoms with van der Waals surface area (Å²) in [6.07, 6.45) is 1.29. The van der Waals surface area contributed by atoms with E-state index in [9.17, 15) is 18.4 Å². The van der Waals surface area contributed by atoms with Gasteiger partial charge in [0, 0.05) is 27.2 Å². The highest BCUT2D eigenvalue weighted by Gasteiger charge is 2.22. The summed E-state index contributed by atoms with van der Waals surface area (Å²) in [5.41, 5.74) is 9.62. The fourth-order valence-electron chi connectivity index (χ4n) is 4.87. The topological polar surface area (TPSA) is 128 Å². The first-order valence-electron chi connectivity index (χ1n) is 15.9. The van der Waals surface area contributed by atoms with E-state index in [4.69, 9.17) is 34.0 Å². The number of aromatic nitrogens is 4. The van der Waals surface area contributed by atoms with Gasteiger partial charge < -0.3 is 16.2 Å². The van der Waals surface area contributed by atoms with E-state index in [0.29, 0.717) is 52.6 Å².